The van der Waals surface area contributed by atoms with Crippen molar-refractivity contribution in [1.29, 1.82) is 5.26 Å². The SMILES string of the molecule is CC1(C)CCCC1Nc1c(C#N)cnc2c(Cl)cc(NC(C3=CN(C4CC4)NN3)c3ccc(F)cc3)cc12. The van der Waals surface area contributed by atoms with E-state index in [1.54, 1.807) is 18.3 Å². The second-order valence-electron chi connectivity index (χ2n) is 11.2. The Labute approximate surface area is 227 Å². The molecule has 0 amide bonds. The highest BCUT2D eigenvalue weighted by molar-refractivity contribution is 6.35. The summed E-state index contributed by atoms with van der Waals surface area (Å²) in [5.41, 5.74) is 11.1. The Balaban J connectivity index is 1.40. The number of hydrogen-bond donors (Lipinski definition) is 4. The molecule has 1 aromatic heterocycles. The summed E-state index contributed by atoms with van der Waals surface area (Å²) in [7, 11) is 0. The lowest BCUT2D eigenvalue weighted by molar-refractivity contribution is 0.260. The van der Waals surface area contributed by atoms with E-state index in [4.69, 9.17) is 11.6 Å². The van der Waals surface area contributed by atoms with Crippen molar-refractivity contribution >= 4 is 33.9 Å². The third-order valence-corrected chi connectivity index (χ3v) is 8.28. The van der Waals surface area contributed by atoms with Gasteiger partial charge in [0.25, 0.3) is 0 Å². The van der Waals surface area contributed by atoms with Crippen molar-refractivity contribution in [3.63, 3.8) is 0 Å². The first-order valence-electron chi connectivity index (χ1n) is 13.1. The summed E-state index contributed by atoms with van der Waals surface area (Å²) in [6.45, 7) is 4.53. The number of halogens is 2. The van der Waals surface area contributed by atoms with Crippen LogP contribution in [0.5, 0.6) is 0 Å². The molecule has 0 radical (unpaired) electrons. The Bertz CT molecular complexity index is 1440. The van der Waals surface area contributed by atoms with Crippen LogP contribution in [0.2, 0.25) is 5.02 Å². The Hall–Kier alpha value is -3.54. The van der Waals surface area contributed by atoms with Crippen LogP contribution in [0.25, 0.3) is 10.9 Å². The van der Waals surface area contributed by atoms with Crippen LogP contribution in [0, 0.1) is 22.6 Å². The molecule has 38 heavy (non-hydrogen) atoms. The zero-order valence-electron chi connectivity index (χ0n) is 21.5. The summed E-state index contributed by atoms with van der Waals surface area (Å²) in [6, 6.07) is 13.1. The summed E-state index contributed by atoms with van der Waals surface area (Å²) in [5.74, 6) is -0.284. The van der Waals surface area contributed by atoms with Crippen LogP contribution in [-0.4, -0.2) is 22.1 Å². The maximum atomic E-state index is 13.8. The van der Waals surface area contributed by atoms with Gasteiger partial charge in [-0.25, -0.2) is 4.39 Å². The van der Waals surface area contributed by atoms with E-state index in [-0.39, 0.29) is 23.3 Å². The normalized spacial score (nSPS) is 21.1. The fourth-order valence-electron chi connectivity index (χ4n) is 5.55. The molecular weight excluding hydrogens is 501 g/mol. The van der Waals surface area contributed by atoms with Gasteiger partial charge >= 0.3 is 0 Å². The highest BCUT2D eigenvalue weighted by atomic mass is 35.5. The Morgan fingerprint density at radius 2 is 2.00 bits per heavy atom. The average molecular weight is 532 g/mol. The maximum absolute atomic E-state index is 13.8. The maximum Gasteiger partial charge on any atom is 0.123 e. The predicted octanol–water partition coefficient (Wildman–Crippen LogP) is 6.37. The van der Waals surface area contributed by atoms with Gasteiger partial charge in [-0.2, -0.15) is 5.26 Å². The highest BCUT2D eigenvalue weighted by Crippen LogP contribution is 2.42. The number of nitrogens with one attached hydrogen (secondary N) is 4. The Morgan fingerprint density at radius 1 is 1.21 bits per heavy atom. The van der Waals surface area contributed by atoms with Gasteiger partial charge in [0.05, 0.1) is 33.5 Å². The molecule has 2 aliphatic carbocycles. The molecule has 1 aliphatic heterocycles. The van der Waals surface area contributed by atoms with Crippen molar-refractivity contribution < 1.29 is 4.39 Å². The van der Waals surface area contributed by atoms with E-state index in [1.165, 1.54) is 12.1 Å². The van der Waals surface area contributed by atoms with E-state index in [2.05, 4.69) is 57.7 Å². The highest BCUT2D eigenvalue weighted by Gasteiger charge is 2.35. The Morgan fingerprint density at radius 3 is 2.68 bits per heavy atom. The van der Waals surface area contributed by atoms with E-state index in [0.717, 1.165) is 60.1 Å². The van der Waals surface area contributed by atoms with Crippen molar-refractivity contribution in [2.45, 2.75) is 64.1 Å². The van der Waals surface area contributed by atoms with E-state index in [9.17, 15) is 9.65 Å². The van der Waals surface area contributed by atoms with Crippen molar-refractivity contribution in [1.82, 2.24) is 21.0 Å². The standard InChI is InChI=1S/C29H31ClFN7/c1-29(2)11-3-4-25(29)35-26-18(14-32)15-33-28-22(26)12-20(13-23(28)30)34-27(17-5-7-19(31)8-6-17)24-16-38(37-36-24)21-9-10-21/h5-8,12-13,15-16,21,25,27,34,36-37H,3-4,9-11H2,1-2H3,(H,33,35). The number of nitriles is 1. The van der Waals surface area contributed by atoms with Crippen molar-refractivity contribution in [3.05, 3.63) is 76.5 Å². The third kappa shape index (κ3) is 4.72. The summed E-state index contributed by atoms with van der Waals surface area (Å²) in [5, 5.41) is 20.6. The van der Waals surface area contributed by atoms with Gasteiger partial charge in [-0.1, -0.05) is 44.0 Å². The second kappa shape index (κ2) is 9.64. The molecule has 2 fully saturated rings. The lowest BCUT2D eigenvalue weighted by atomic mass is 9.87. The van der Waals surface area contributed by atoms with Gasteiger partial charge in [-0.05, 0) is 60.9 Å². The van der Waals surface area contributed by atoms with Crippen molar-refractivity contribution in [2.75, 3.05) is 10.6 Å². The van der Waals surface area contributed by atoms with Crippen LogP contribution in [0.15, 0.2) is 54.5 Å². The predicted molar refractivity (Wildman–Crippen MR) is 148 cm³/mol. The lowest BCUT2D eigenvalue weighted by Crippen LogP contribution is -2.38. The van der Waals surface area contributed by atoms with Gasteiger partial charge in [0.2, 0.25) is 0 Å². The number of hydrogen-bond acceptors (Lipinski definition) is 7. The summed E-state index contributed by atoms with van der Waals surface area (Å²) >= 11 is 6.77. The number of rotatable bonds is 7. The Kier molecular flexibility index (Phi) is 6.29. The molecule has 2 heterocycles. The molecule has 7 nitrogen and oxygen atoms in total. The molecule has 2 unspecified atom stereocenters. The molecule has 3 aliphatic rings. The quantitative estimate of drug-likeness (QED) is 0.281. The number of nitrogens with zero attached hydrogens (tertiary/aromatic N) is 3. The molecule has 0 bridgehead atoms. The zero-order chi connectivity index (χ0) is 26.4. The molecule has 6 rings (SSSR count). The first kappa shape index (κ1) is 24.8. The van der Waals surface area contributed by atoms with Gasteiger partial charge in [0.1, 0.15) is 11.9 Å². The summed E-state index contributed by atoms with van der Waals surface area (Å²) in [4.78, 5) is 4.52. The van der Waals surface area contributed by atoms with Crippen LogP contribution in [0.3, 0.4) is 0 Å². The number of aromatic nitrogens is 1. The topological polar surface area (TPSA) is 88.0 Å². The van der Waals surface area contributed by atoms with Gasteiger partial charge in [0.15, 0.2) is 0 Å². The molecule has 0 saturated heterocycles. The zero-order valence-corrected chi connectivity index (χ0v) is 22.2. The minimum absolute atomic E-state index is 0.122. The molecule has 2 atom stereocenters. The first-order valence-corrected chi connectivity index (χ1v) is 13.5. The first-order chi connectivity index (χ1) is 18.3. The number of benzene rings is 2. The molecule has 2 saturated carbocycles. The van der Waals surface area contributed by atoms with E-state index in [1.807, 2.05) is 12.1 Å². The van der Waals surface area contributed by atoms with E-state index >= 15 is 0 Å². The minimum atomic E-state index is -0.294. The van der Waals surface area contributed by atoms with E-state index < -0.39 is 0 Å². The van der Waals surface area contributed by atoms with Crippen LogP contribution >= 0.6 is 11.6 Å². The molecule has 3 aromatic rings. The summed E-state index contributed by atoms with van der Waals surface area (Å²) < 4.78 is 13.8. The smallest absolute Gasteiger partial charge is 0.123 e. The molecular formula is C29H31ClFN7. The van der Waals surface area contributed by atoms with Crippen molar-refractivity contribution in [3.8, 4) is 6.07 Å². The molecule has 9 heteroatoms. The van der Waals surface area contributed by atoms with Crippen LogP contribution in [0.1, 0.15) is 63.1 Å². The number of anilines is 2. The van der Waals surface area contributed by atoms with Gasteiger partial charge < -0.3 is 16.1 Å². The summed E-state index contributed by atoms with van der Waals surface area (Å²) in [6.07, 6.45) is 9.28. The minimum Gasteiger partial charge on any atom is -0.380 e. The average Bonchev–Trinajstić information content (AvgIpc) is 3.54. The van der Waals surface area contributed by atoms with E-state index in [0.29, 0.717) is 22.1 Å². The number of hydrazine groups is 2. The lowest BCUT2D eigenvalue weighted by Gasteiger charge is -2.29. The molecule has 4 N–H and O–H groups in total. The van der Waals surface area contributed by atoms with Crippen LogP contribution in [0.4, 0.5) is 15.8 Å². The van der Waals surface area contributed by atoms with Gasteiger partial charge in [-0.15, -0.1) is 5.53 Å². The second-order valence-corrected chi connectivity index (χ2v) is 11.6. The molecule has 196 valence electrons. The molecule has 2 aromatic carbocycles. The molecule has 0 spiro atoms. The van der Waals surface area contributed by atoms with Gasteiger partial charge in [0, 0.05) is 35.6 Å². The van der Waals surface area contributed by atoms with Gasteiger partial charge in [-0.3, -0.25) is 9.99 Å². The fraction of sp³-hybridized carbons (Fsp3) is 0.379. The number of pyridine rings is 1. The largest absolute Gasteiger partial charge is 0.380 e. The van der Waals surface area contributed by atoms with Crippen LogP contribution in [-0.2, 0) is 0 Å². The van der Waals surface area contributed by atoms with Crippen LogP contribution < -0.4 is 21.6 Å². The third-order valence-electron chi connectivity index (χ3n) is 7.99. The monoisotopic (exact) mass is 531 g/mol. The van der Waals surface area contributed by atoms with Crippen molar-refractivity contribution in [2.24, 2.45) is 5.41 Å². The fourth-order valence-corrected chi connectivity index (χ4v) is 5.82. The number of fused-ring (bicyclic) bond motifs is 1.